The van der Waals surface area contributed by atoms with Gasteiger partial charge in [-0.1, -0.05) is 32.1 Å². The van der Waals surface area contributed by atoms with E-state index in [-0.39, 0.29) is 0 Å². The van der Waals surface area contributed by atoms with E-state index in [1.807, 2.05) is 6.26 Å². The molecule has 1 aliphatic carbocycles. The molecule has 0 aliphatic heterocycles. The molecule has 1 aliphatic rings. The van der Waals surface area contributed by atoms with Gasteiger partial charge in [0.05, 0.1) is 12.5 Å². The highest BCUT2D eigenvalue weighted by Gasteiger charge is 2.13. The molecule has 2 rings (SSSR count). The fourth-order valence-corrected chi connectivity index (χ4v) is 2.13. The molecule has 0 spiro atoms. The third-order valence-electron chi connectivity index (χ3n) is 2.83. The summed E-state index contributed by atoms with van der Waals surface area (Å²) in [5, 5.41) is 0. The number of hydrogen-bond acceptors (Lipinski definition) is 1. The largest absolute Gasteiger partial charge is 0.472 e. The molecule has 1 aromatic heterocycles. The quantitative estimate of drug-likeness (QED) is 0.653. The molecule has 66 valence electrons. The average Bonchev–Trinajstić information content (AvgIpc) is 2.59. The first-order chi connectivity index (χ1) is 5.95. The van der Waals surface area contributed by atoms with Crippen LogP contribution in [0.2, 0.25) is 0 Å². The molecule has 0 saturated heterocycles. The molecule has 1 heteroatoms. The van der Waals surface area contributed by atoms with Gasteiger partial charge in [0.15, 0.2) is 0 Å². The predicted octanol–water partition coefficient (Wildman–Crippen LogP) is 3.40. The Balaban J connectivity index is 1.86. The first kappa shape index (κ1) is 7.90. The molecule has 0 unspecified atom stereocenters. The normalized spacial score (nSPS) is 19.7. The summed E-state index contributed by atoms with van der Waals surface area (Å²) in [6.45, 7) is 0. The first-order valence-electron chi connectivity index (χ1n) is 4.96. The van der Waals surface area contributed by atoms with Crippen molar-refractivity contribution in [1.82, 2.24) is 0 Å². The van der Waals surface area contributed by atoms with Gasteiger partial charge in [-0.2, -0.15) is 0 Å². The first-order valence-corrected chi connectivity index (χ1v) is 4.96. The second kappa shape index (κ2) is 3.79. The molecule has 0 bridgehead atoms. The van der Waals surface area contributed by atoms with Gasteiger partial charge in [0.1, 0.15) is 0 Å². The minimum Gasteiger partial charge on any atom is -0.472 e. The Morgan fingerprint density at radius 3 is 2.75 bits per heavy atom. The van der Waals surface area contributed by atoms with Crippen LogP contribution in [-0.2, 0) is 6.42 Å². The third-order valence-corrected chi connectivity index (χ3v) is 2.83. The molecule has 0 amide bonds. The van der Waals surface area contributed by atoms with Crippen molar-refractivity contribution in [1.29, 1.82) is 0 Å². The molecule has 1 fully saturated rings. The summed E-state index contributed by atoms with van der Waals surface area (Å²) in [7, 11) is 0. The smallest absolute Gasteiger partial charge is 0.0934 e. The maximum atomic E-state index is 5.06. The molecule has 1 nitrogen and oxygen atoms in total. The standard InChI is InChI=1S/C11H16O/c1-2-4-10(5-3-1)8-11-6-7-12-9-11/h6-7,9-10H,1-5,8H2. The van der Waals surface area contributed by atoms with Crippen LogP contribution in [0.25, 0.3) is 0 Å². The molecule has 1 saturated carbocycles. The SMILES string of the molecule is c1cc(CC2CCCCC2)co1. The van der Waals surface area contributed by atoms with Crippen molar-refractivity contribution in [3.8, 4) is 0 Å². The Labute approximate surface area is 73.8 Å². The van der Waals surface area contributed by atoms with Crippen molar-refractivity contribution in [2.75, 3.05) is 0 Å². The van der Waals surface area contributed by atoms with Crippen LogP contribution in [0.3, 0.4) is 0 Å². The van der Waals surface area contributed by atoms with E-state index in [9.17, 15) is 0 Å². The van der Waals surface area contributed by atoms with Crippen LogP contribution in [0.5, 0.6) is 0 Å². The number of rotatable bonds is 2. The maximum absolute atomic E-state index is 5.06. The summed E-state index contributed by atoms with van der Waals surface area (Å²) in [6.07, 6.45) is 12.0. The lowest BCUT2D eigenvalue weighted by Crippen LogP contribution is -2.08. The van der Waals surface area contributed by atoms with Gasteiger partial charge < -0.3 is 4.42 Å². The molecule has 0 aromatic carbocycles. The summed E-state index contributed by atoms with van der Waals surface area (Å²) >= 11 is 0. The summed E-state index contributed by atoms with van der Waals surface area (Å²) < 4.78 is 5.06. The van der Waals surface area contributed by atoms with Crippen LogP contribution in [0, 0.1) is 5.92 Å². The number of furan rings is 1. The minimum atomic E-state index is 0.927. The van der Waals surface area contributed by atoms with Gasteiger partial charge in [-0.15, -0.1) is 0 Å². The van der Waals surface area contributed by atoms with Gasteiger partial charge in [0.25, 0.3) is 0 Å². The zero-order chi connectivity index (χ0) is 8.23. The summed E-state index contributed by atoms with van der Waals surface area (Å²) in [4.78, 5) is 0. The highest BCUT2D eigenvalue weighted by Crippen LogP contribution is 2.26. The summed E-state index contributed by atoms with van der Waals surface area (Å²) in [5.41, 5.74) is 1.38. The predicted molar refractivity (Wildman–Crippen MR) is 49.0 cm³/mol. The zero-order valence-electron chi connectivity index (χ0n) is 7.46. The lowest BCUT2D eigenvalue weighted by Gasteiger charge is -2.20. The van der Waals surface area contributed by atoms with Gasteiger partial charge in [0, 0.05) is 0 Å². The Bertz CT molecular complexity index is 207. The molecule has 0 radical (unpaired) electrons. The van der Waals surface area contributed by atoms with E-state index >= 15 is 0 Å². The van der Waals surface area contributed by atoms with Gasteiger partial charge >= 0.3 is 0 Å². The Morgan fingerprint density at radius 2 is 2.08 bits per heavy atom. The molecular formula is C11H16O. The Morgan fingerprint density at radius 1 is 1.25 bits per heavy atom. The zero-order valence-corrected chi connectivity index (χ0v) is 7.46. The average molecular weight is 164 g/mol. The van der Waals surface area contributed by atoms with E-state index in [1.165, 1.54) is 44.1 Å². The highest BCUT2D eigenvalue weighted by atomic mass is 16.3. The minimum absolute atomic E-state index is 0.927. The van der Waals surface area contributed by atoms with Crippen LogP contribution >= 0.6 is 0 Å². The van der Waals surface area contributed by atoms with Crippen molar-refractivity contribution in [2.45, 2.75) is 38.5 Å². The number of hydrogen-bond donors (Lipinski definition) is 0. The monoisotopic (exact) mass is 164 g/mol. The lowest BCUT2D eigenvalue weighted by molar-refractivity contribution is 0.356. The van der Waals surface area contributed by atoms with E-state index in [4.69, 9.17) is 4.42 Å². The van der Waals surface area contributed by atoms with Crippen LogP contribution in [0.15, 0.2) is 23.0 Å². The van der Waals surface area contributed by atoms with Crippen LogP contribution in [0.4, 0.5) is 0 Å². The van der Waals surface area contributed by atoms with E-state index in [1.54, 1.807) is 6.26 Å². The summed E-state index contributed by atoms with van der Waals surface area (Å²) in [5.74, 6) is 0.927. The summed E-state index contributed by atoms with van der Waals surface area (Å²) in [6, 6.07) is 2.09. The van der Waals surface area contributed by atoms with Crippen molar-refractivity contribution in [3.63, 3.8) is 0 Å². The molecule has 1 heterocycles. The lowest BCUT2D eigenvalue weighted by atomic mass is 9.85. The molecule has 1 aromatic rings. The maximum Gasteiger partial charge on any atom is 0.0934 e. The van der Waals surface area contributed by atoms with E-state index in [0.29, 0.717) is 0 Å². The fourth-order valence-electron chi connectivity index (χ4n) is 2.13. The van der Waals surface area contributed by atoms with E-state index in [2.05, 4.69) is 6.07 Å². The Hall–Kier alpha value is -0.720. The van der Waals surface area contributed by atoms with Gasteiger partial charge in [-0.3, -0.25) is 0 Å². The second-order valence-electron chi connectivity index (χ2n) is 3.84. The van der Waals surface area contributed by atoms with Gasteiger partial charge in [-0.05, 0) is 24.0 Å². The molecule has 12 heavy (non-hydrogen) atoms. The third kappa shape index (κ3) is 1.90. The molecular weight excluding hydrogens is 148 g/mol. The van der Waals surface area contributed by atoms with Crippen LogP contribution < -0.4 is 0 Å². The topological polar surface area (TPSA) is 13.1 Å². The fraction of sp³-hybridized carbons (Fsp3) is 0.636. The van der Waals surface area contributed by atoms with E-state index < -0.39 is 0 Å². The van der Waals surface area contributed by atoms with Crippen molar-refractivity contribution in [2.24, 2.45) is 5.92 Å². The van der Waals surface area contributed by atoms with Gasteiger partial charge in [0.2, 0.25) is 0 Å². The van der Waals surface area contributed by atoms with Crippen LogP contribution in [0.1, 0.15) is 37.7 Å². The van der Waals surface area contributed by atoms with Crippen LogP contribution in [-0.4, -0.2) is 0 Å². The van der Waals surface area contributed by atoms with Crippen molar-refractivity contribution < 1.29 is 4.42 Å². The highest BCUT2D eigenvalue weighted by molar-refractivity contribution is 5.06. The van der Waals surface area contributed by atoms with Crippen molar-refractivity contribution >= 4 is 0 Å². The van der Waals surface area contributed by atoms with E-state index in [0.717, 1.165) is 5.92 Å². The second-order valence-corrected chi connectivity index (χ2v) is 3.84. The molecule has 0 N–H and O–H groups in total. The molecule has 0 atom stereocenters. The van der Waals surface area contributed by atoms with Crippen molar-refractivity contribution in [3.05, 3.63) is 24.2 Å². The van der Waals surface area contributed by atoms with Gasteiger partial charge in [-0.25, -0.2) is 0 Å². The Kier molecular flexibility index (Phi) is 2.50.